The predicted octanol–water partition coefficient (Wildman–Crippen LogP) is 2.15. The molecule has 3 N–H and O–H groups in total. The minimum absolute atomic E-state index is 0.0675. The van der Waals surface area contributed by atoms with Gasteiger partial charge in [-0.3, -0.25) is 10.1 Å². The molecular weight excluding hydrogens is 470 g/mol. The first-order chi connectivity index (χ1) is 18.1. The number of para-hydroxylation sites is 3. The first-order valence-electron chi connectivity index (χ1n) is 11.9. The van der Waals surface area contributed by atoms with Crippen molar-refractivity contribution in [2.45, 2.75) is 0 Å². The van der Waals surface area contributed by atoms with Gasteiger partial charge in [-0.15, -0.1) is 0 Å². The zero-order chi connectivity index (χ0) is 25.6. The van der Waals surface area contributed by atoms with E-state index in [1.165, 1.54) is 0 Å². The number of hydrogen-bond donors (Lipinski definition) is 3. The largest absolute Gasteiger partial charge is 0.739 e. The third kappa shape index (κ3) is 5.24. The molecule has 0 bridgehead atoms. The molecule has 0 saturated carbocycles. The molecule has 5 aromatic rings. The highest BCUT2D eigenvalue weighted by Gasteiger charge is 2.19. The van der Waals surface area contributed by atoms with Crippen LogP contribution in [-0.2, 0) is 0 Å². The quantitative estimate of drug-likeness (QED) is 0.162. The molecule has 0 atom stereocenters. The van der Waals surface area contributed by atoms with Crippen molar-refractivity contribution in [3.63, 3.8) is 0 Å². The van der Waals surface area contributed by atoms with E-state index in [0.717, 1.165) is 16.6 Å². The van der Waals surface area contributed by atoms with Crippen LogP contribution in [0.3, 0.4) is 0 Å². The molecule has 2 aromatic heterocycles. The van der Waals surface area contributed by atoms with Crippen LogP contribution < -0.4 is 25.5 Å². The summed E-state index contributed by atoms with van der Waals surface area (Å²) in [5.41, 5.74) is 3.42. The number of rotatable bonds is 9. The lowest BCUT2D eigenvalue weighted by Crippen LogP contribution is -2.44. The van der Waals surface area contributed by atoms with Gasteiger partial charge in [-0.1, -0.05) is 60.7 Å². The average molecular weight is 496 g/mol. The molecule has 186 valence electrons. The number of nitrogens with one attached hydrogen (secondary N) is 3. The van der Waals surface area contributed by atoms with Crippen LogP contribution in [0, 0.1) is 10.4 Å². The van der Waals surface area contributed by atoms with Crippen LogP contribution in [0.5, 0.6) is 0 Å². The van der Waals surface area contributed by atoms with Crippen molar-refractivity contribution in [1.82, 2.24) is 20.7 Å². The summed E-state index contributed by atoms with van der Waals surface area (Å²) in [7, 11) is 0. The minimum Gasteiger partial charge on any atom is -0.739 e. The van der Waals surface area contributed by atoms with Gasteiger partial charge in [0.25, 0.3) is 11.4 Å². The molecule has 1 amide bonds. The van der Waals surface area contributed by atoms with Crippen molar-refractivity contribution in [3.8, 4) is 11.3 Å². The third-order valence-corrected chi connectivity index (χ3v) is 5.89. The van der Waals surface area contributed by atoms with Crippen molar-refractivity contribution >= 4 is 33.8 Å². The highest BCUT2D eigenvalue weighted by Crippen LogP contribution is 2.23. The molecule has 5 rings (SSSR count). The number of pyridine rings is 1. The zero-order valence-electron chi connectivity index (χ0n) is 19.9. The molecule has 0 aliphatic rings. The third-order valence-electron chi connectivity index (χ3n) is 5.89. The summed E-state index contributed by atoms with van der Waals surface area (Å²) in [4.78, 5) is 18.1. The molecule has 3 aromatic carbocycles. The summed E-state index contributed by atoms with van der Waals surface area (Å²) in [6.45, 7) is 1.80. The van der Waals surface area contributed by atoms with E-state index in [1.54, 1.807) is 30.3 Å². The number of benzene rings is 3. The second-order valence-electron chi connectivity index (χ2n) is 8.35. The van der Waals surface area contributed by atoms with Crippen LogP contribution in [0.15, 0.2) is 84.9 Å². The maximum absolute atomic E-state index is 12.9. The van der Waals surface area contributed by atoms with E-state index >= 15 is 0 Å². The van der Waals surface area contributed by atoms with Gasteiger partial charge in [0, 0.05) is 41.5 Å². The Morgan fingerprint density at radius 1 is 0.784 bits per heavy atom. The van der Waals surface area contributed by atoms with Gasteiger partial charge < -0.3 is 21.0 Å². The Bertz CT molecular complexity index is 1560. The molecule has 0 radical (unpaired) electrons. The van der Waals surface area contributed by atoms with E-state index < -0.39 is 0 Å². The standard InChI is InChI=1S/C27H25N7O3/c35-26(21-10-6-9-20-13-14-22(31-25(20)21)19-7-2-1-3-8-19)29-17-15-28-16-18-30-27-32-34(37)24-12-5-4-11-23(24)33(27)36/h1-14,28H,15-18H2,(H,29,35)(H,30,32). The van der Waals surface area contributed by atoms with E-state index in [1.807, 2.05) is 54.6 Å². The van der Waals surface area contributed by atoms with Crippen LogP contribution in [0.4, 0.5) is 5.95 Å². The van der Waals surface area contributed by atoms with Crippen LogP contribution in [-0.4, -0.2) is 42.2 Å². The van der Waals surface area contributed by atoms with E-state index in [9.17, 15) is 15.2 Å². The first kappa shape index (κ1) is 23.9. The lowest BCUT2D eigenvalue weighted by Gasteiger charge is -2.11. The Morgan fingerprint density at radius 3 is 2.38 bits per heavy atom. The lowest BCUT2D eigenvalue weighted by atomic mass is 10.1. The highest BCUT2D eigenvalue weighted by molar-refractivity contribution is 6.05. The molecule has 0 aliphatic carbocycles. The normalized spacial score (nSPS) is 11.0. The summed E-state index contributed by atoms with van der Waals surface area (Å²) in [6.07, 6.45) is 0. The summed E-state index contributed by atoms with van der Waals surface area (Å²) >= 11 is 0. The molecular formula is C27H25N7O3. The maximum atomic E-state index is 12.9. The number of anilines is 1. The Labute approximate surface area is 212 Å². The summed E-state index contributed by atoms with van der Waals surface area (Å²) in [6, 6.07) is 25.8. The molecule has 0 aliphatic heterocycles. The van der Waals surface area contributed by atoms with Gasteiger partial charge in [0.15, 0.2) is 5.52 Å². The number of carbonyl (C=O) groups excluding carboxylic acids is 1. The van der Waals surface area contributed by atoms with Gasteiger partial charge in [-0.05, 0) is 18.2 Å². The van der Waals surface area contributed by atoms with Gasteiger partial charge in [-0.2, -0.15) is 0 Å². The second-order valence-corrected chi connectivity index (χ2v) is 8.35. The molecule has 10 nitrogen and oxygen atoms in total. The van der Waals surface area contributed by atoms with E-state index in [-0.39, 0.29) is 22.9 Å². The molecule has 0 unspecified atom stereocenters. The summed E-state index contributed by atoms with van der Waals surface area (Å²) in [5, 5.41) is 38.1. The average Bonchev–Trinajstić information content (AvgIpc) is 2.94. The Morgan fingerprint density at radius 2 is 1.54 bits per heavy atom. The SMILES string of the molecule is O=C(NCCNCCNc1n[n+]([O-])c2ccccc2[n+]1[O-])c1cccc2ccc(-c3ccccc3)nc12. The maximum Gasteiger partial charge on any atom is 0.461 e. The van der Waals surface area contributed by atoms with Crippen LogP contribution in [0.1, 0.15) is 10.4 Å². The van der Waals surface area contributed by atoms with E-state index in [4.69, 9.17) is 4.98 Å². The highest BCUT2D eigenvalue weighted by atomic mass is 16.5. The van der Waals surface area contributed by atoms with Crippen molar-refractivity contribution in [3.05, 3.63) is 101 Å². The van der Waals surface area contributed by atoms with Crippen LogP contribution >= 0.6 is 0 Å². The number of hydrogen-bond acceptors (Lipinski definition) is 7. The summed E-state index contributed by atoms with van der Waals surface area (Å²) in [5.74, 6) is -0.266. The van der Waals surface area contributed by atoms with Crippen molar-refractivity contribution in [1.29, 1.82) is 0 Å². The van der Waals surface area contributed by atoms with Crippen molar-refractivity contribution in [2.75, 3.05) is 31.5 Å². The van der Waals surface area contributed by atoms with E-state index in [2.05, 4.69) is 21.0 Å². The van der Waals surface area contributed by atoms with Gasteiger partial charge in [0.1, 0.15) is 0 Å². The number of fused-ring (bicyclic) bond motifs is 2. The minimum atomic E-state index is -0.198. The smallest absolute Gasteiger partial charge is 0.461 e. The van der Waals surface area contributed by atoms with Gasteiger partial charge >= 0.3 is 5.95 Å². The second kappa shape index (κ2) is 10.8. The fourth-order valence-corrected chi connectivity index (χ4v) is 4.05. The number of aromatic nitrogens is 4. The number of carbonyl (C=O) groups is 1. The van der Waals surface area contributed by atoms with Gasteiger partial charge in [0.2, 0.25) is 5.10 Å². The monoisotopic (exact) mass is 495 g/mol. The van der Waals surface area contributed by atoms with Crippen molar-refractivity contribution in [2.24, 2.45) is 0 Å². The van der Waals surface area contributed by atoms with E-state index in [0.29, 0.717) is 46.8 Å². The zero-order valence-corrected chi connectivity index (χ0v) is 19.9. The molecule has 10 heteroatoms. The predicted molar refractivity (Wildman–Crippen MR) is 141 cm³/mol. The number of amides is 1. The number of nitrogens with zero attached hydrogens (tertiary/aromatic N) is 4. The fourth-order valence-electron chi connectivity index (χ4n) is 4.05. The topological polar surface area (TPSA) is 133 Å². The van der Waals surface area contributed by atoms with Crippen LogP contribution in [0.25, 0.3) is 33.2 Å². The molecule has 37 heavy (non-hydrogen) atoms. The van der Waals surface area contributed by atoms with Gasteiger partial charge in [0.05, 0.1) is 23.3 Å². The van der Waals surface area contributed by atoms with Crippen molar-refractivity contribution < 1.29 is 14.4 Å². The first-order valence-corrected chi connectivity index (χ1v) is 11.9. The fraction of sp³-hybridized carbons (Fsp3) is 0.148. The lowest BCUT2D eigenvalue weighted by molar-refractivity contribution is -0.672. The molecule has 0 saturated heterocycles. The Hall–Kier alpha value is -4.83. The molecule has 0 spiro atoms. The molecule has 0 fully saturated rings. The molecule has 2 heterocycles. The Kier molecular flexibility index (Phi) is 7.00. The summed E-state index contributed by atoms with van der Waals surface area (Å²) < 4.78 is 0.603. The Balaban J connectivity index is 1.13. The van der Waals surface area contributed by atoms with Crippen LogP contribution in [0.2, 0.25) is 0 Å². The van der Waals surface area contributed by atoms with Gasteiger partial charge in [-0.25, -0.2) is 9.71 Å².